The summed E-state index contributed by atoms with van der Waals surface area (Å²) in [5.41, 5.74) is 1.06. The normalized spacial score (nSPS) is 10.4. The Morgan fingerprint density at radius 3 is 2.95 bits per heavy atom. The summed E-state index contributed by atoms with van der Waals surface area (Å²) in [6, 6.07) is 3.39. The Balaban J connectivity index is 2.05. The van der Waals surface area contributed by atoms with Crippen molar-refractivity contribution in [2.75, 3.05) is 7.11 Å². The minimum absolute atomic E-state index is 0.0142. The van der Waals surface area contributed by atoms with Crippen LogP contribution >= 0.6 is 0 Å². The maximum Gasteiger partial charge on any atom is 0.354 e. The zero-order valence-corrected chi connectivity index (χ0v) is 10.9. The maximum absolute atomic E-state index is 11.5. The second-order valence-electron chi connectivity index (χ2n) is 4.13. The van der Waals surface area contributed by atoms with Crippen LogP contribution in [0.3, 0.4) is 0 Å². The lowest BCUT2D eigenvalue weighted by Gasteiger charge is -2.04. The van der Waals surface area contributed by atoms with Gasteiger partial charge in [-0.2, -0.15) is 0 Å². The number of esters is 1. The third-order valence-electron chi connectivity index (χ3n) is 2.70. The van der Waals surface area contributed by atoms with E-state index in [0.29, 0.717) is 17.9 Å². The highest BCUT2D eigenvalue weighted by molar-refractivity contribution is 5.87. The van der Waals surface area contributed by atoms with Crippen LogP contribution in [-0.4, -0.2) is 43.7 Å². The average Bonchev–Trinajstić information content (AvgIpc) is 3.05. The van der Waals surface area contributed by atoms with Crippen LogP contribution in [-0.2, 0) is 22.6 Å². The van der Waals surface area contributed by atoms with Crippen molar-refractivity contribution in [2.45, 2.75) is 19.5 Å². The summed E-state index contributed by atoms with van der Waals surface area (Å²) in [4.78, 5) is 22.0. The molecule has 0 saturated carbocycles. The number of carbonyl (C=O) groups is 2. The van der Waals surface area contributed by atoms with Crippen molar-refractivity contribution in [3.05, 3.63) is 35.9 Å². The summed E-state index contributed by atoms with van der Waals surface area (Å²) in [7, 11) is 1.32. The summed E-state index contributed by atoms with van der Waals surface area (Å²) in [6.07, 6.45) is 3.38. The third-order valence-corrected chi connectivity index (χ3v) is 2.70. The van der Waals surface area contributed by atoms with Gasteiger partial charge in [-0.05, 0) is 12.1 Å². The number of methoxy groups -OCH3 is 1. The fraction of sp³-hybridized carbons (Fsp3) is 0.333. The highest BCUT2D eigenvalue weighted by Crippen LogP contribution is 2.07. The molecule has 0 amide bonds. The number of carboxylic acids is 1. The summed E-state index contributed by atoms with van der Waals surface area (Å²) >= 11 is 0. The summed E-state index contributed by atoms with van der Waals surface area (Å²) in [5.74, 6) is -1.31. The van der Waals surface area contributed by atoms with Gasteiger partial charge in [0.25, 0.3) is 0 Å². The molecule has 0 aliphatic rings. The van der Waals surface area contributed by atoms with Gasteiger partial charge in [-0.1, -0.05) is 5.21 Å². The van der Waals surface area contributed by atoms with E-state index < -0.39 is 11.9 Å². The molecule has 106 valence electrons. The minimum atomic E-state index is -0.888. The van der Waals surface area contributed by atoms with E-state index in [0.717, 1.165) is 0 Å². The number of rotatable bonds is 6. The number of hydrogen-bond donors (Lipinski definition) is 1. The molecule has 0 saturated heterocycles. The SMILES string of the molecule is COC(=O)c1cccn1Cc1cn(CCC(=O)O)nn1. The number of nitrogens with zero attached hydrogens (tertiary/aromatic N) is 4. The van der Waals surface area contributed by atoms with Gasteiger partial charge in [-0.15, -0.1) is 5.10 Å². The molecule has 2 aromatic rings. The smallest absolute Gasteiger partial charge is 0.354 e. The molecule has 2 rings (SSSR count). The number of ether oxygens (including phenoxy) is 1. The molecule has 0 atom stereocenters. The maximum atomic E-state index is 11.5. The van der Waals surface area contributed by atoms with Crippen LogP contribution in [0.5, 0.6) is 0 Å². The predicted molar refractivity (Wildman–Crippen MR) is 67.1 cm³/mol. The van der Waals surface area contributed by atoms with Crippen LogP contribution in [0.1, 0.15) is 22.6 Å². The van der Waals surface area contributed by atoms with Crippen LogP contribution < -0.4 is 0 Å². The Morgan fingerprint density at radius 2 is 2.25 bits per heavy atom. The van der Waals surface area contributed by atoms with Gasteiger partial charge in [0.2, 0.25) is 0 Å². The summed E-state index contributed by atoms with van der Waals surface area (Å²) < 4.78 is 7.83. The van der Waals surface area contributed by atoms with Crippen molar-refractivity contribution in [2.24, 2.45) is 0 Å². The van der Waals surface area contributed by atoms with Gasteiger partial charge < -0.3 is 14.4 Å². The Kier molecular flexibility index (Phi) is 4.14. The summed E-state index contributed by atoms with van der Waals surface area (Å²) in [6.45, 7) is 0.627. The lowest BCUT2D eigenvalue weighted by Crippen LogP contribution is -2.10. The zero-order valence-electron chi connectivity index (χ0n) is 10.9. The number of aryl methyl sites for hydroxylation is 1. The zero-order chi connectivity index (χ0) is 14.5. The molecular weight excluding hydrogens is 264 g/mol. The fourth-order valence-corrected chi connectivity index (χ4v) is 1.75. The van der Waals surface area contributed by atoms with E-state index in [4.69, 9.17) is 5.11 Å². The van der Waals surface area contributed by atoms with Crippen LogP contribution in [0.15, 0.2) is 24.5 Å². The van der Waals surface area contributed by atoms with E-state index in [1.165, 1.54) is 11.8 Å². The minimum Gasteiger partial charge on any atom is -0.481 e. The monoisotopic (exact) mass is 278 g/mol. The molecule has 0 fully saturated rings. The first-order chi connectivity index (χ1) is 9.60. The number of carbonyl (C=O) groups excluding carboxylic acids is 1. The molecule has 1 N–H and O–H groups in total. The van der Waals surface area contributed by atoms with Crippen molar-refractivity contribution in [1.29, 1.82) is 0 Å². The number of aromatic nitrogens is 4. The first-order valence-electron chi connectivity index (χ1n) is 5.94. The van der Waals surface area contributed by atoms with Gasteiger partial charge in [0.1, 0.15) is 11.4 Å². The van der Waals surface area contributed by atoms with Gasteiger partial charge in [0.05, 0.1) is 32.8 Å². The van der Waals surface area contributed by atoms with Crippen molar-refractivity contribution in [1.82, 2.24) is 19.6 Å². The molecule has 8 heteroatoms. The molecule has 20 heavy (non-hydrogen) atoms. The predicted octanol–water partition coefficient (Wildman–Crippen LogP) is 0.389. The molecule has 0 bridgehead atoms. The van der Waals surface area contributed by atoms with Crippen LogP contribution in [0.25, 0.3) is 0 Å². The molecule has 0 aliphatic carbocycles. The Morgan fingerprint density at radius 1 is 1.45 bits per heavy atom. The van der Waals surface area contributed by atoms with E-state index in [9.17, 15) is 9.59 Å². The van der Waals surface area contributed by atoms with Gasteiger partial charge in [-0.3, -0.25) is 9.48 Å². The van der Waals surface area contributed by atoms with E-state index in [1.54, 1.807) is 29.1 Å². The number of aliphatic carboxylic acids is 1. The Labute approximate surface area is 114 Å². The van der Waals surface area contributed by atoms with Crippen molar-refractivity contribution < 1.29 is 19.4 Å². The third kappa shape index (κ3) is 3.22. The molecule has 2 aromatic heterocycles. The Hall–Kier alpha value is -2.64. The van der Waals surface area contributed by atoms with E-state index in [1.807, 2.05) is 0 Å². The summed E-state index contributed by atoms with van der Waals surface area (Å²) in [5, 5.41) is 16.4. The van der Waals surface area contributed by atoms with Crippen molar-refractivity contribution >= 4 is 11.9 Å². The number of hydrogen-bond acceptors (Lipinski definition) is 5. The standard InChI is InChI=1S/C12H14N4O4/c1-20-12(19)10-3-2-5-15(10)7-9-8-16(14-13-9)6-4-11(17)18/h2-3,5,8H,4,6-7H2,1H3,(H,17,18). The highest BCUT2D eigenvalue weighted by atomic mass is 16.5. The molecule has 0 spiro atoms. The van der Waals surface area contributed by atoms with Crippen molar-refractivity contribution in [3.63, 3.8) is 0 Å². The van der Waals surface area contributed by atoms with E-state index in [-0.39, 0.29) is 13.0 Å². The quantitative estimate of drug-likeness (QED) is 0.767. The van der Waals surface area contributed by atoms with Crippen LogP contribution in [0.2, 0.25) is 0 Å². The van der Waals surface area contributed by atoms with Crippen LogP contribution in [0.4, 0.5) is 0 Å². The molecular formula is C12H14N4O4. The molecule has 0 unspecified atom stereocenters. The molecule has 8 nitrogen and oxygen atoms in total. The largest absolute Gasteiger partial charge is 0.481 e. The van der Waals surface area contributed by atoms with Gasteiger partial charge in [0.15, 0.2) is 0 Å². The lowest BCUT2D eigenvalue weighted by atomic mass is 10.4. The fourth-order valence-electron chi connectivity index (χ4n) is 1.75. The second kappa shape index (κ2) is 6.00. The van der Waals surface area contributed by atoms with Gasteiger partial charge in [0, 0.05) is 6.20 Å². The average molecular weight is 278 g/mol. The Bertz CT molecular complexity index is 617. The first kappa shape index (κ1) is 13.8. The van der Waals surface area contributed by atoms with Crippen LogP contribution in [0, 0.1) is 0 Å². The molecule has 2 heterocycles. The van der Waals surface area contributed by atoms with Gasteiger partial charge >= 0.3 is 11.9 Å². The van der Waals surface area contributed by atoms with Gasteiger partial charge in [-0.25, -0.2) is 4.79 Å². The highest BCUT2D eigenvalue weighted by Gasteiger charge is 2.12. The van der Waals surface area contributed by atoms with E-state index in [2.05, 4.69) is 15.0 Å². The first-order valence-corrected chi connectivity index (χ1v) is 5.94. The lowest BCUT2D eigenvalue weighted by molar-refractivity contribution is -0.137. The topological polar surface area (TPSA) is 99.2 Å². The van der Waals surface area contributed by atoms with E-state index >= 15 is 0 Å². The molecule has 0 aromatic carbocycles. The molecule has 0 radical (unpaired) electrons. The van der Waals surface area contributed by atoms with Crippen molar-refractivity contribution in [3.8, 4) is 0 Å². The number of carboxylic acid groups (broad SMARTS) is 1. The second-order valence-corrected chi connectivity index (χ2v) is 4.13. The molecule has 0 aliphatic heterocycles.